The van der Waals surface area contributed by atoms with Crippen molar-refractivity contribution in [1.82, 2.24) is 0 Å². The van der Waals surface area contributed by atoms with Gasteiger partial charge < -0.3 is 15.2 Å². The molecule has 17 heavy (non-hydrogen) atoms. The first-order valence-corrected chi connectivity index (χ1v) is 6.40. The maximum absolute atomic E-state index is 6.09. The highest BCUT2D eigenvalue weighted by molar-refractivity contribution is 5.33. The van der Waals surface area contributed by atoms with E-state index in [2.05, 4.69) is 0 Å². The molecule has 0 radical (unpaired) electrons. The monoisotopic (exact) mass is 235 g/mol. The maximum Gasteiger partial charge on any atom is 0.123 e. The Kier molecular flexibility index (Phi) is 3.89. The van der Waals surface area contributed by atoms with Gasteiger partial charge in [-0.25, -0.2) is 0 Å². The summed E-state index contributed by atoms with van der Waals surface area (Å²) in [4.78, 5) is 0. The molecule has 0 amide bonds. The normalized spacial score (nSPS) is 18.0. The molecule has 0 bridgehead atoms. The largest absolute Gasteiger partial charge is 0.494 e. The van der Waals surface area contributed by atoms with Gasteiger partial charge in [-0.2, -0.15) is 0 Å². The van der Waals surface area contributed by atoms with Crippen molar-refractivity contribution in [2.45, 2.75) is 38.2 Å². The van der Waals surface area contributed by atoms with E-state index in [9.17, 15) is 0 Å². The van der Waals surface area contributed by atoms with E-state index in [4.69, 9.17) is 15.2 Å². The standard InChI is InChI=1S/C14H21NO2/c1-2-16-12-6-5-7-13(10-12)17-14(11-15)8-3-4-9-14/h5-7,10H,2-4,8-9,11,15H2,1H3. The summed E-state index contributed by atoms with van der Waals surface area (Å²) in [6.45, 7) is 3.24. The van der Waals surface area contributed by atoms with Gasteiger partial charge in [-0.3, -0.25) is 0 Å². The second-order valence-electron chi connectivity index (χ2n) is 4.60. The van der Waals surface area contributed by atoms with E-state index >= 15 is 0 Å². The van der Waals surface area contributed by atoms with E-state index in [0.29, 0.717) is 13.2 Å². The highest BCUT2D eigenvalue weighted by Gasteiger charge is 2.34. The topological polar surface area (TPSA) is 44.5 Å². The minimum absolute atomic E-state index is 0.148. The highest BCUT2D eigenvalue weighted by atomic mass is 16.5. The van der Waals surface area contributed by atoms with E-state index in [-0.39, 0.29) is 5.60 Å². The van der Waals surface area contributed by atoms with Crippen molar-refractivity contribution in [3.8, 4) is 11.5 Å². The molecule has 1 aliphatic rings. The van der Waals surface area contributed by atoms with Crippen molar-refractivity contribution >= 4 is 0 Å². The first kappa shape index (κ1) is 12.2. The van der Waals surface area contributed by atoms with Crippen LogP contribution in [0.25, 0.3) is 0 Å². The van der Waals surface area contributed by atoms with Gasteiger partial charge in [-0.15, -0.1) is 0 Å². The summed E-state index contributed by atoms with van der Waals surface area (Å²) in [6.07, 6.45) is 4.54. The second kappa shape index (κ2) is 5.41. The molecule has 0 heterocycles. The van der Waals surface area contributed by atoms with Crippen LogP contribution in [0.15, 0.2) is 24.3 Å². The fraction of sp³-hybridized carbons (Fsp3) is 0.571. The molecule has 94 valence electrons. The van der Waals surface area contributed by atoms with Crippen molar-refractivity contribution in [2.75, 3.05) is 13.2 Å². The summed E-state index contributed by atoms with van der Waals surface area (Å²) in [7, 11) is 0. The summed E-state index contributed by atoms with van der Waals surface area (Å²) in [5.41, 5.74) is 5.71. The molecule has 1 saturated carbocycles. The molecule has 0 aromatic heterocycles. The van der Waals surface area contributed by atoms with Gasteiger partial charge in [0, 0.05) is 12.6 Å². The van der Waals surface area contributed by atoms with E-state index in [0.717, 1.165) is 24.3 Å². The summed E-state index contributed by atoms with van der Waals surface area (Å²) < 4.78 is 11.6. The van der Waals surface area contributed by atoms with Crippen molar-refractivity contribution in [2.24, 2.45) is 5.73 Å². The quantitative estimate of drug-likeness (QED) is 0.853. The minimum atomic E-state index is -0.148. The highest BCUT2D eigenvalue weighted by Crippen LogP contribution is 2.34. The fourth-order valence-corrected chi connectivity index (χ4v) is 2.41. The van der Waals surface area contributed by atoms with E-state index < -0.39 is 0 Å². The van der Waals surface area contributed by atoms with Crippen LogP contribution >= 0.6 is 0 Å². The number of ether oxygens (including phenoxy) is 2. The van der Waals surface area contributed by atoms with Crippen LogP contribution in [-0.2, 0) is 0 Å². The molecule has 1 fully saturated rings. The van der Waals surface area contributed by atoms with Crippen LogP contribution in [0.3, 0.4) is 0 Å². The van der Waals surface area contributed by atoms with Crippen LogP contribution < -0.4 is 15.2 Å². The SMILES string of the molecule is CCOc1cccc(OC2(CN)CCCC2)c1. The first-order chi connectivity index (χ1) is 8.28. The van der Waals surface area contributed by atoms with Crippen LogP contribution in [0, 0.1) is 0 Å². The van der Waals surface area contributed by atoms with Gasteiger partial charge in [-0.1, -0.05) is 6.07 Å². The molecule has 0 spiro atoms. The van der Waals surface area contributed by atoms with Crippen molar-refractivity contribution in [3.63, 3.8) is 0 Å². The molecule has 3 nitrogen and oxygen atoms in total. The van der Waals surface area contributed by atoms with Gasteiger partial charge in [0.25, 0.3) is 0 Å². The van der Waals surface area contributed by atoms with Gasteiger partial charge in [0.05, 0.1) is 6.61 Å². The van der Waals surface area contributed by atoms with Gasteiger partial charge in [-0.05, 0) is 44.7 Å². The lowest BCUT2D eigenvalue weighted by molar-refractivity contribution is 0.0849. The lowest BCUT2D eigenvalue weighted by Crippen LogP contribution is -2.40. The van der Waals surface area contributed by atoms with Crippen molar-refractivity contribution in [3.05, 3.63) is 24.3 Å². The van der Waals surface area contributed by atoms with Crippen LogP contribution in [-0.4, -0.2) is 18.8 Å². The number of benzene rings is 1. The molecule has 2 rings (SSSR count). The summed E-state index contributed by atoms with van der Waals surface area (Å²) in [5.74, 6) is 1.72. The predicted octanol–water partition coefficient (Wildman–Crippen LogP) is 2.74. The smallest absolute Gasteiger partial charge is 0.123 e. The Hall–Kier alpha value is -1.22. The molecular formula is C14H21NO2. The van der Waals surface area contributed by atoms with E-state index in [1.54, 1.807) is 0 Å². The van der Waals surface area contributed by atoms with Crippen LogP contribution in [0.2, 0.25) is 0 Å². The molecule has 3 heteroatoms. The Morgan fingerprint density at radius 2 is 1.94 bits per heavy atom. The average Bonchev–Trinajstić information content (AvgIpc) is 2.79. The molecule has 2 N–H and O–H groups in total. The lowest BCUT2D eigenvalue weighted by Gasteiger charge is -2.28. The molecule has 0 aliphatic heterocycles. The number of rotatable bonds is 5. The lowest BCUT2D eigenvalue weighted by atomic mass is 10.0. The zero-order valence-corrected chi connectivity index (χ0v) is 10.4. The van der Waals surface area contributed by atoms with Crippen LogP contribution in [0.4, 0.5) is 0 Å². The Balaban J connectivity index is 2.09. The third-order valence-corrected chi connectivity index (χ3v) is 3.34. The fourth-order valence-electron chi connectivity index (χ4n) is 2.41. The molecule has 1 aromatic carbocycles. The third-order valence-electron chi connectivity index (χ3n) is 3.34. The molecule has 0 atom stereocenters. The molecule has 0 saturated heterocycles. The average molecular weight is 235 g/mol. The zero-order valence-electron chi connectivity index (χ0n) is 10.4. The Labute approximate surface area is 103 Å². The molecular weight excluding hydrogens is 214 g/mol. The Morgan fingerprint density at radius 3 is 2.59 bits per heavy atom. The van der Waals surface area contributed by atoms with Crippen LogP contribution in [0.5, 0.6) is 11.5 Å². The van der Waals surface area contributed by atoms with Gasteiger partial charge in [0.15, 0.2) is 0 Å². The number of hydrogen-bond donors (Lipinski definition) is 1. The third kappa shape index (κ3) is 2.91. The zero-order chi connectivity index (χ0) is 12.1. The van der Waals surface area contributed by atoms with Crippen molar-refractivity contribution in [1.29, 1.82) is 0 Å². The summed E-state index contributed by atoms with van der Waals surface area (Å²) >= 11 is 0. The predicted molar refractivity (Wildman–Crippen MR) is 68.5 cm³/mol. The van der Waals surface area contributed by atoms with E-state index in [1.807, 2.05) is 31.2 Å². The summed E-state index contributed by atoms with van der Waals surface area (Å²) in [5, 5.41) is 0. The van der Waals surface area contributed by atoms with Gasteiger partial charge in [0.2, 0.25) is 0 Å². The Morgan fingerprint density at radius 1 is 1.24 bits per heavy atom. The van der Waals surface area contributed by atoms with Crippen LogP contribution in [0.1, 0.15) is 32.6 Å². The molecule has 1 aliphatic carbocycles. The van der Waals surface area contributed by atoms with Crippen molar-refractivity contribution < 1.29 is 9.47 Å². The summed E-state index contributed by atoms with van der Waals surface area (Å²) in [6, 6.07) is 7.82. The van der Waals surface area contributed by atoms with E-state index in [1.165, 1.54) is 12.8 Å². The van der Waals surface area contributed by atoms with Gasteiger partial charge >= 0.3 is 0 Å². The number of hydrogen-bond acceptors (Lipinski definition) is 3. The maximum atomic E-state index is 6.09. The first-order valence-electron chi connectivity index (χ1n) is 6.40. The van der Waals surface area contributed by atoms with Gasteiger partial charge in [0.1, 0.15) is 17.1 Å². The second-order valence-corrected chi connectivity index (χ2v) is 4.60. The molecule has 1 aromatic rings. The molecule has 0 unspecified atom stereocenters. The Bertz CT molecular complexity index is 359. The number of nitrogens with two attached hydrogens (primary N) is 1. The minimum Gasteiger partial charge on any atom is -0.494 e.